The zero-order chi connectivity index (χ0) is 19.2. The molecule has 0 aromatic rings. The summed E-state index contributed by atoms with van der Waals surface area (Å²) in [6.07, 6.45) is -21.9. The van der Waals surface area contributed by atoms with Gasteiger partial charge in [0.1, 0.15) is 54.9 Å². The maximum Gasteiger partial charge on any atom is 0.226 e. The molecule has 0 bridgehead atoms. The monoisotopic (exact) mass is 356 g/mol. The van der Waals surface area contributed by atoms with E-state index in [-0.39, 0.29) is 12.6 Å². The molecular formula is C12H20O12. The lowest BCUT2D eigenvalue weighted by molar-refractivity contribution is -0.185. The molecule has 0 aromatic heterocycles. The van der Waals surface area contributed by atoms with Gasteiger partial charge in [0.15, 0.2) is 12.6 Å². The molecule has 0 heterocycles. The normalized spacial score (nSPS) is 23.0. The SMILES string of the molecule is O=CC(=O)C(O)C(O)C(O)C(O)C(O)C(O)C(O)C(O)C(O)C=O. The summed E-state index contributed by atoms with van der Waals surface area (Å²) in [6, 6.07) is 0. The highest BCUT2D eigenvalue weighted by Gasteiger charge is 2.42. The molecule has 9 unspecified atom stereocenters. The van der Waals surface area contributed by atoms with Gasteiger partial charge in [0.2, 0.25) is 5.78 Å². The van der Waals surface area contributed by atoms with Crippen molar-refractivity contribution in [3.63, 3.8) is 0 Å². The highest BCUT2D eigenvalue weighted by atomic mass is 16.4. The van der Waals surface area contributed by atoms with E-state index in [9.17, 15) is 55.2 Å². The minimum absolute atomic E-state index is 0.177. The number of aliphatic hydroxyl groups is 9. The van der Waals surface area contributed by atoms with Gasteiger partial charge in [-0.25, -0.2) is 0 Å². The van der Waals surface area contributed by atoms with Gasteiger partial charge in [-0.2, -0.15) is 0 Å². The Morgan fingerprint density at radius 3 is 1.25 bits per heavy atom. The standard InChI is InChI=1S/C12H20O12/c13-1-3(15)5(17)7(19)9(21)11(23)12(24)10(22)8(20)6(18)4(16)2-14/h1-3,5-12,15,17-24H. The number of hydrogen-bond acceptors (Lipinski definition) is 12. The van der Waals surface area contributed by atoms with E-state index in [0.29, 0.717) is 0 Å². The topological polar surface area (TPSA) is 233 Å². The molecule has 12 nitrogen and oxygen atoms in total. The van der Waals surface area contributed by atoms with Crippen LogP contribution in [0, 0.1) is 0 Å². The van der Waals surface area contributed by atoms with Crippen molar-refractivity contribution >= 4 is 18.4 Å². The van der Waals surface area contributed by atoms with Crippen LogP contribution in [0.2, 0.25) is 0 Å². The molecule has 0 rings (SSSR count). The van der Waals surface area contributed by atoms with Crippen LogP contribution in [-0.4, -0.2) is 119 Å². The first-order valence-corrected chi connectivity index (χ1v) is 6.58. The summed E-state index contributed by atoms with van der Waals surface area (Å²) in [5.74, 6) is -1.53. The number of carbonyl (C=O) groups is 3. The first-order chi connectivity index (χ1) is 11.0. The summed E-state index contributed by atoms with van der Waals surface area (Å²) >= 11 is 0. The first-order valence-electron chi connectivity index (χ1n) is 6.58. The van der Waals surface area contributed by atoms with E-state index in [2.05, 4.69) is 0 Å². The third-order valence-electron chi connectivity index (χ3n) is 3.32. The fraction of sp³-hybridized carbons (Fsp3) is 0.750. The van der Waals surface area contributed by atoms with Crippen LogP contribution in [0.4, 0.5) is 0 Å². The van der Waals surface area contributed by atoms with Crippen LogP contribution < -0.4 is 0 Å². The van der Waals surface area contributed by atoms with Crippen molar-refractivity contribution < 1.29 is 60.3 Å². The van der Waals surface area contributed by atoms with Crippen molar-refractivity contribution in [2.45, 2.75) is 54.9 Å². The van der Waals surface area contributed by atoms with Gasteiger partial charge in [0, 0.05) is 0 Å². The van der Waals surface area contributed by atoms with Gasteiger partial charge in [-0.3, -0.25) is 9.59 Å². The van der Waals surface area contributed by atoms with Gasteiger partial charge < -0.3 is 50.8 Å². The zero-order valence-corrected chi connectivity index (χ0v) is 12.1. The van der Waals surface area contributed by atoms with Crippen molar-refractivity contribution in [1.82, 2.24) is 0 Å². The van der Waals surface area contributed by atoms with Gasteiger partial charge in [-0.15, -0.1) is 0 Å². The molecule has 140 valence electrons. The number of Topliss-reactive ketones (excluding diaryl/α,β-unsaturated/α-hetero) is 1. The van der Waals surface area contributed by atoms with Gasteiger partial charge in [0.25, 0.3) is 0 Å². The molecule has 0 aliphatic heterocycles. The third-order valence-corrected chi connectivity index (χ3v) is 3.32. The van der Waals surface area contributed by atoms with Crippen LogP contribution >= 0.6 is 0 Å². The van der Waals surface area contributed by atoms with Crippen LogP contribution in [0.5, 0.6) is 0 Å². The largest absolute Gasteiger partial charge is 0.387 e. The molecule has 0 aliphatic carbocycles. The predicted molar refractivity (Wildman–Crippen MR) is 71.2 cm³/mol. The van der Waals surface area contributed by atoms with Gasteiger partial charge >= 0.3 is 0 Å². The van der Waals surface area contributed by atoms with Gasteiger partial charge in [-0.1, -0.05) is 0 Å². The Kier molecular flexibility index (Phi) is 9.27. The average molecular weight is 356 g/mol. The Morgan fingerprint density at radius 1 is 0.583 bits per heavy atom. The summed E-state index contributed by atoms with van der Waals surface area (Å²) in [5.41, 5.74) is 0. The minimum Gasteiger partial charge on any atom is -0.387 e. The lowest BCUT2D eigenvalue weighted by Gasteiger charge is -2.33. The molecule has 0 saturated carbocycles. The van der Waals surface area contributed by atoms with Crippen molar-refractivity contribution in [3.05, 3.63) is 0 Å². The zero-order valence-electron chi connectivity index (χ0n) is 12.1. The summed E-state index contributed by atoms with van der Waals surface area (Å²) in [4.78, 5) is 31.3. The van der Waals surface area contributed by atoms with Crippen LogP contribution in [0.15, 0.2) is 0 Å². The Balaban J connectivity index is 5.01. The molecule has 9 N–H and O–H groups in total. The van der Waals surface area contributed by atoms with Crippen molar-refractivity contribution in [3.8, 4) is 0 Å². The molecule has 0 amide bonds. The third kappa shape index (κ3) is 5.34. The Bertz CT molecular complexity index is 428. The first kappa shape index (κ1) is 22.6. The summed E-state index contributed by atoms with van der Waals surface area (Å²) in [5, 5.41) is 84.8. The predicted octanol–water partition coefficient (Wildman–Crippen LogP) is -6.80. The molecule has 0 saturated heterocycles. The summed E-state index contributed by atoms with van der Waals surface area (Å²) < 4.78 is 0. The molecular weight excluding hydrogens is 336 g/mol. The Morgan fingerprint density at radius 2 is 0.917 bits per heavy atom. The maximum atomic E-state index is 10.9. The van der Waals surface area contributed by atoms with Crippen LogP contribution in [0.1, 0.15) is 0 Å². The van der Waals surface area contributed by atoms with Crippen molar-refractivity contribution in [2.24, 2.45) is 0 Å². The second kappa shape index (κ2) is 9.83. The number of aliphatic hydroxyl groups excluding tert-OH is 9. The smallest absolute Gasteiger partial charge is 0.226 e. The van der Waals surface area contributed by atoms with Crippen LogP contribution in [-0.2, 0) is 14.4 Å². The molecule has 0 aromatic carbocycles. The fourth-order valence-electron chi connectivity index (χ4n) is 1.72. The van der Waals surface area contributed by atoms with E-state index in [0.717, 1.165) is 0 Å². The van der Waals surface area contributed by atoms with Crippen molar-refractivity contribution in [2.75, 3.05) is 0 Å². The van der Waals surface area contributed by atoms with E-state index in [4.69, 9.17) is 5.11 Å². The average Bonchev–Trinajstić information content (AvgIpc) is 2.61. The summed E-state index contributed by atoms with van der Waals surface area (Å²) in [7, 11) is 0. The van der Waals surface area contributed by atoms with E-state index in [1.54, 1.807) is 0 Å². The van der Waals surface area contributed by atoms with Crippen molar-refractivity contribution in [1.29, 1.82) is 0 Å². The number of ketones is 1. The van der Waals surface area contributed by atoms with Gasteiger partial charge in [0.05, 0.1) is 0 Å². The molecule has 0 spiro atoms. The number of aldehydes is 2. The van der Waals surface area contributed by atoms with Gasteiger partial charge in [-0.05, 0) is 0 Å². The molecule has 0 radical (unpaired) electrons. The van der Waals surface area contributed by atoms with Crippen LogP contribution in [0.25, 0.3) is 0 Å². The molecule has 0 aliphatic rings. The lowest BCUT2D eigenvalue weighted by Crippen LogP contribution is -2.58. The molecule has 9 atom stereocenters. The van der Waals surface area contributed by atoms with E-state index >= 15 is 0 Å². The second-order valence-corrected chi connectivity index (χ2v) is 5.03. The molecule has 0 fully saturated rings. The number of carbonyl (C=O) groups excluding carboxylic acids is 3. The lowest BCUT2D eigenvalue weighted by atomic mass is 9.91. The van der Waals surface area contributed by atoms with Crippen LogP contribution in [0.3, 0.4) is 0 Å². The van der Waals surface area contributed by atoms with E-state index < -0.39 is 60.7 Å². The fourth-order valence-corrected chi connectivity index (χ4v) is 1.72. The highest BCUT2D eigenvalue weighted by Crippen LogP contribution is 2.15. The highest BCUT2D eigenvalue weighted by molar-refractivity contribution is 6.27. The van der Waals surface area contributed by atoms with E-state index in [1.807, 2.05) is 0 Å². The molecule has 12 heteroatoms. The summed E-state index contributed by atoms with van der Waals surface area (Å²) in [6.45, 7) is 0. The minimum atomic E-state index is -2.46. The molecule has 24 heavy (non-hydrogen) atoms. The Labute approximate surface area is 134 Å². The Hall–Kier alpha value is -1.35. The quantitative estimate of drug-likeness (QED) is 0.124. The van der Waals surface area contributed by atoms with E-state index in [1.165, 1.54) is 0 Å². The number of rotatable bonds is 11. The maximum absolute atomic E-state index is 10.9. The second-order valence-electron chi connectivity index (χ2n) is 5.03. The number of hydrogen-bond donors (Lipinski definition) is 9.